The van der Waals surface area contributed by atoms with Gasteiger partial charge in [-0.15, -0.1) is 0 Å². The Hall–Kier alpha value is -4.12. The third-order valence-electron chi connectivity index (χ3n) is 8.06. The molecule has 0 radical (unpaired) electrons. The lowest BCUT2D eigenvalue weighted by Crippen LogP contribution is -2.45. The Labute approximate surface area is 243 Å². The molecule has 3 heterocycles. The van der Waals surface area contributed by atoms with E-state index in [1.165, 1.54) is 6.33 Å². The van der Waals surface area contributed by atoms with Crippen LogP contribution in [0.15, 0.2) is 109 Å². The minimum absolute atomic E-state index is 0.244. The fourth-order valence-electron chi connectivity index (χ4n) is 5.85. The molecule has 2 aliphatic rings. The van der Waals surface area contributed by atoms with Crippen molar-refractivity contribution >= 4 is 11.3 Å². The fourth-order valence-corrected chi connectivity index (χ4v) is 5.85. The van der Waals surface area contributed by atoms with Gasteiger partial charge in [-0.1, -0.05) is 91.0 Å². The molecule has 1 spiro atoms. The molecule has 1 unspecified atom stereocenters. The van der Waals surface area contributed by atoms with Crippen LogP contribution in [0.4, 0.5) is 5.82 Å². The molecule has 5 aromatic rings. The van der Waals surface area contributed by atoms with Crippen molar-refractivity contribution in [1.29, 1.82) is 0 Å². The monoisotopic (exact) mass is 564 g/mol. The van der Waals surface area contributed by atoms with Gasteiger partial charge >= 0.3 is 0 Å². The Morgan fingerprint density at radius 1 is 0.762 bits per heavy atom. The van der Waals surface area contributed by atoms with E-state index in [-0.39, 0.29) is 12.7 Å². The van der Waals surface area contributed by atoms with Crippen LogP contribution in [0.2, 0.25) is 0 Å². The molecule has 3 N–H and O–H groups in total. The van der Waals surface area contributed by atoms with Crippen molar-refractivity contribution in [3.05, 3.63) is 132 Å². The number of nitrogen functional groups attached to an aromatic ring is 1. The number of nitrogens with zero attached hydrogens (tertiary/aromatic N) is 3. The molecule has 5 atom stereocenters. The van der Waals surface area contributed by atoms with Gasteiger partial charge in [0.05, 0.1) is 25.9 Å². The zero-order valence-electron chi connectivity index (χ0n) is 23.0. The molecule has 9 heteroatoms. The van der Waals surface area contributed by atoms with Crippen LogP contribution in [-0.4, -0.2) is 43.6 Å². The summed E-state index contributed by atoms with van der Waals surface area (Å²) >= 11 is 0. The SMILES string of the molecule is Nc1ncnn2c(C3(O)O[C@]4(C[C@@H]4OCc4ccccc4)[C@@H](OCc4ccccc4)[C@H]3OCc3ccccc3)ccc12. The first-order valence-electron chi connectivity index (χ1n) is 14.0. The highest BCUT2D eigenvalue weighted by atomic mass is 16.7. The summed E-state index contributed by atoms with van der Waals surface area (Å²) in [6.45, 7) is 0.968. The van der Waals surface area contributed by atoms with E-state index in [2.05, 4.69) is 10.1 Å². The number of fused-ring (bicyclic) bond motifs is 1. The minimum atomic E-state index is -1.92. The van der Waals surface area contributed by atoms with Gasteiger partial charge in [0.1, 0.15) is 35.3 Å². The van der Waals surface area contributed by atoms with E-state index in [9.17, 15) is 5.11 Å². The Bertz CT molecular complexity index is 1650. The average molecular weight is 565 g/mol. The normalized spacial score (nSPS) is 26.6. The number of anilines is 1. The Morgan fingerprint density at radius 2 is 1.31 bits per heavy atom. The summed E-state index contributed by atoms with van der Waals surface area (Å²) in [5.41, 5.74) is 9.14. The maximum absolute atomic E-state index is 12.5. The van der Waals surface area contributed by atoms with E-state index in [1.54, 1.807) is 16.6 Å². The van der Waals surface area contributed by atoms with Gasteiger partial charge in [0.15, 0.2) is 5.82 Å². The Morgan fingerprint density at radius 3 is 1.90 bits per heavy atom. The predicted octanol–water partition coefficient (Wildman–Crippen LogP) is 4.39. The van der Waals surface area contributed by atoms with E-state index in [1.807, 2.05) is 91.0 Å². The standard InChI is InChI=1S/C33H32N4O5/c34-31-26-16-17-27(37(26)36-22-35-31)33(38)30(41-21-25-14-8-3-9-15-25)29(40-20-24-12-6-2-7-13-24)32(42-33)18-28(32)39-19-23-10-4-1-5-11-23/h1-17,22,28-30,38H,18-21H2,(H2,34,35,36)/t28-,29-,30+,32-,33?/m0/s1. The van der Waals surface area contributed by atoms with Gasteiger partial charge in [0, 0.05) is 6.42 Å². The van der Waals surface area contributed by atoms with Gasteiger partial charge < -0.3 is 29.8 Å². The van der Waals surface area contributed by atoms with E-state index < -0.39 is 23.6 Å². The van der Waals surface area contributed by atoms with E-state index in [0.29, 0.717) is 36.7 Å². The van der Waals surface area contributed by atoms with Crippen molar-refractivity contribution in [2.24, 2.45) is 0 Å². The largest absolute Gasteiger partial charge is 0.382 e. The maximum atomic E-state index is 12.5. The fraction of sp³-hybridized carbons (Fsp3) is 0.273. The Kier molecular flexibility index (Phi) is 6.97. The van der Waals surface area contributed by atoms with Crippen LogP contribution in [0, 0.1) is 0 Å². The quantitative estimate of drug-likeness (QED) is 0.257. The van der Waals surface area contributed by atoms with Gasteiger partial charge in [-0.3, -0.25) is 0 Å². The van der Waals surface area contributed by atoms with Crippen molar-refractivity contribution in [3.63, 3.8) is 0 Å². The van der Waals surface area contributed by atoms with E-state index >= 15 is 0 Å². The third kappa shape index (κ3) is 4.85. The molecule has 0 amide bonds. The summed E-state index contributed by atoms with van der Waals surface area (Å²) < 4.78 is 27.8. The highest BCUT2D eigenvalue weighted by molar-refractivity contribution is 5.65. The summed E-state index contributed by atoms with van der Waals surface area (Å²) in [5, 5.41) is 16.9. The first-order valence-corrected chi connectivity index (χ1v) is 14.0. The van der Waals surface area contributed by atoms with E-state index in [4.69, 9.17) is 24.7 Å². The van der Waals surface area contributed by atoms with Crippen molar-refractivity contribution in [3.8, 4) is 0 Å². The second-order valence-corrected chi connectivity index (χ2v) is 10.8. The van der Waals surface area contributed by atoms with Crippen LogP contribution in [-0.2, 0) is 44.6 Å². The maximum Gasteiger partial charge on any atom is 0.240 e. The molecule has 1 aliphatic carbocycles. The molecule has 1 aliphatic heterocycles. The summed E-state index contributed by atoms with van der Waals surface area (Å²) in [4.78, 5) is 4.10. The van der Waals surface area contributed by atoms with Crippen molar-refractivity contribution in [2.45, 2.75) is 55.9 Å². The zero-order chi connectivity index (χ0) is 28.6. The van der Waals surface area contributed by atoms with Crippen LogP contribution in [0.3, 0.4) is 0 Å². The van der Waals surface area contributed by atoms with Gasteiger partial charge in [0.25, 0.3) is 0 Å². The van der Waals surface area contributed by atoms with Crippen molar-refractivity contribution in [1.82, 2.24) is 14.6 Å². The lowest BCUT2D eigenvalue weighted by atomic mass is 10.00. The summed E-state index contributed by atoms with van der Waals surface area (Å²) in [6, 6.07) is 33.2. The van der Waals surface area contributed by atoms with Crippen LogP contribution in [0.1, 0.15) is 28.8 Å². The number of nitrogens with two attached hydrogens (primary N) is 1. The molecule has 7 rings (SSSR count). The van der Waals surface area contributed by atoms with E-state index in [0.717, 1.165) is 16.7 Å². The summed E-state index contributed by atoms with van der Waals surface area (Å²) in [6.07, 6.45) is -0.00147. The topological polar surface area (TPSA) is 113 Å². The number of benzene rings is 3. The average Bonchev–Trinajstić information content (AvgIpc) is 3.40. The second-order valence-electron chi connectivity index (χ2n) is 10.8. The highest BCUT2D eigenvalue weighted by Gasteiger charge is 2.76. The second kappa shape index (κ2) is 10.9. The number of hydrogen-bond donors (Lipinski definition) is 2. The van der Waals surface area contributed by atoms with Gasteiger partial charge in [-0.25, -0.2) is 9.50 Å². The Balaban J connectivity index is 1.26. The molecule has 214 valence electrons. The molecule has 3 aromatic carbocycles. The summed E-state index contributed by atoms with van der Waals surface area (Å²) in [5.74, 6) is -1.63. The first-order chi connectivity index (χ1) is 20.6. The molecule has 1 saturated carbocycles. The van der Waals surface area contributed by atoms with Crippen molar-refractivity contribution < 1.29 is 24.1 Å². The van der Waals surface area contributed by atoms with Crippen LogP contribution >= 0.6 is 0 Å². The molecular formula is C33H32N4O5. The molecule has 9 nitrogen and oxygen atoms in total. The third-order valence-corrected chi connectivity index (χ3v) is 8.06. The number of rotatable bonds is 10. The predicted molar refractivity (Wildman–Crippen MR) is 155 cm³/mol. The lowest BCUT2D eigenvalue weighted by Gasteiger charge is -2.30. The number of aliphatic hydroxyl groups is 1. The lowest BCUT2D eigenvalue weighted by molar-refractivity contribution is -0.259. The summed E-state index contributed by atoms with van der Waals surface area (Å²) in [7, 11) is 0. The number of ether oxygens (including phenoxy) is 4. The molecule has 42 heavy (non-hydrogen) atoms. The molecular weight excluding hydrogens is 532 g/mol. The molecule has 2 fully saturated rings. The van der Waals surface area contributed by atoms with Gasteiger partial charge in [0.2, 0.25) is 5.79 Å². The highest BCUT2D eigenvalue weighted by Crippen LogP contribution is 2.59. The van der Waals surface area contributed by atoms with Gasteiger partial charge in [-0.2, -0.15) is 5.10 Å². The minimum Gasteiger partial charge on any atom is -0.382 e. The molecule has 1 saturated heterocycles. The van der Waals surface area contributed by atoms with Gasteiger partial charge in [-0.05, 0) is 28.8 Å². The van der Waals surface area contributed by atoms with Crippen LogP contribution < -0.4 is 5.73 Å². The number of hydrogen-bond acceptors (Lipinski definition) is 8. The van der Waals surface area contributed by atoms with Crippen molar-refractivity contribution in [2.75, 3.05) is 5.73 Å². The molecule has 0 bridgehead atoms. The zero-order valence-corrected chi connectivity index (χ0v) is 23.0. The van der Waals surface area contributed by atoms with Crippen LogP contribution in [0.25, 0.3) is 5.52 Å². The molecule has 2 aromatic heterocycles. The smallest absolute Gasteiger partial charge is 0.240 e. The van der Waals surface area contributed by atoms with Crippen LogP contribution in [0.5, 0.6) is 0 Å². The number of aromatic nitrogens is 3. The first kappa shape index (κ1) is 26.8.